The van der Waals surface area contributed by atoms with Crippen molar-refractivity contribution >= 4 is 22.6 Å². The Morgan fingerprint density at radius 2 is 2.10 bits per heavy atom. The average Bonchev–Trinajstić information content (AvgIpc) is 2.47. The van der Waals surface area contributed by atoms with Crippen molar-refractivity contribution in [1.29, 1.82) is 0 Å². The lowest BCUT2D eigenvalue weighted by molar-refractivity contribution is -0.136. The average molecular weight is 272 g/mol. The molecule has 0 aliphatic carbocycles. The molecule has 20 heavy (non-hydrogen) atoms. The minimum atomic E-state index is -0.818. The molecule has 104 valence electrons. The maximum absolute atomic E-state index is 10.8. The second-order valence-electron chi connectivity index (χ2n) is 4.89. The van der Waals surface area contributed by atoms with Gasteiger partial charge in [-0.15, -0.1) is 0 Å². The summed E-state index contributed by atoms with van der Waals surface area (Å²) >= 11 is 0. The van der Waals surface area contributed by atoms with E-state index in [9.17, 15) is 4.79 Å². The number of ether oxygens (including phenoxy) is 1. The molecule has 1 saturated heterocycles. The van der Waals surface area contributed by atoms with Crippen molar-refractivity contribution in [1.82, 2.24) is 4.98 Å². The summed E-state index contributed by atoms with van der Waals surface area (Å²) in [5, 5.41) is 9.84. The van der Waals surface area contributed by atoms with Crippen LogP contribution in [-0.2, 0) is 16.0 Å². The fourth-order valence-electron chi connectivity index (χ4n) is 2.45. The van der Waals surface area contributed by atoms with Crippen molar-refractivity contribution in [2.75, 3.05) is 31.2 Å². The SMILES string of the molecule is O=C(O)Cc1ccc2ncc(N3CCOCC3)cc2c1. The van der Waals surface area contributed by atoms with Gasteiger partial charge in [0.25, 0.3) is 0 Å². The normalized spacial score (nSPS) is 15.5. The van der Waals surface area contributed by atoms with Crippen molar-refractivity contribution in [2.45, 2.75) is 6.42 Å². The number of hydrogen-bond acceptors (Lipinski definition) is 4. The van der Waals surface area contributed by atoms with Gasteiger partial charge in [-0.25, -0.2) is 0 Å². The number of nitrogens with zero attached hydrogens (tertiary/aromatic N) is 2. The van der Waals surface area contributed by atoms with E-state index < -0.39 is 5.97 Å². The molecule has 0 radical (unpaired) electrons. The molecule has 1 aliphatic heterocycles. The van der Waals surface area contributed by atoms with Crippen LogP contribution in [0.2, 0.25) is 0 Å². The van der Waals surface area contributed by atoms with Gasteiger partial charge in [0.05, 0.1) is 37.0 Å². The minimum absolute atomic E-state index is 0.0394. The molecular weight excluding hydrogens is 256 g/mol. The predicted octanol–water partition coefficient (Wildman–Crippen LogP) is 1.70. The van der Waals surface area contributed by atoms with Crippen molar-refractivity contribution in [3.63, 3.8) is 0 Å². The topological polar surface area (TPSA) is 62.7 Å². The molecule has 3 rings (SSSR count). The zero-order chi connectivity index (χ0) is 13.9. The summed E-state index contributed by atoms with van der Waals surface area (Å²) in [4.78, 5) is 17.5. The third kappa shape index (κ3) is 2.72. The summed E-state index contributed by atoms with van der Waals surface area (Å²) in [5.41, 5.74) is 2.75. The number of aliphatic carboxylic acids is 1. The van der Waals surface area contributed by atoms with Crippen LogP contribution in [0.5, 0.6) is 0 Å². The van der Waals surface area contributed by atoms with Crippen LogP contribution in [0, 0.1) is 0 Å². The molecule has 0 bridgehead atoms. The number of pyridine rings is 1. The van der Waals surface area contributed by atoms with Crippen LogP contribution in [0.15, 0.2) is 30.5 Å². The number of carboxylic acids is 1. The molecular formula is C15H16N2O3. The fraction of sp³-hybridized carbons (Fsp3) is 0.333. The van der Waals surface area contributed by atoms with Gasteiger partial charge in [0.2, 0.25) is 0 Å². The molecule has 0 atom stereocenters. The van der Waals surface area contributed by atoms with E-state index in [0.717, 1.165) is 48.5 Å². The highest BCUT2D eigenvalue weighted by molar-refractivity contribution is 5.83. The Morgan fingerprint density at radius 3 is 2.85 bits per heavy atom. The van der Waals surface area contributed by atoms with Crippen molar-refractivity contribution in [3.8, 4) is 0 Å². The Hall–Kier alpha value is -2.14. The minimum Gasteiger partial charge on any atom is -0.481 e. The van der Waals surface area contributed by atoms with Gasteiger partial charge in [-0.1, -0.05) is 6.07 Å². The number of anilines is 1. The van der Waals surface area contributed by atoms with E-state index in [1.165, 1.54) is 0 Å². The molecule has 2 heterocycles. The molecule has 0 unspecified atom stereocenters. The van der Waals surface area contributed by atoms with Crippen molar-refractivity contribution in [2.24, 2.45) is 0 Å². The highest BCUT2D eigenvalue weighted by atomic mass is 16.5. The van der Waals surface area contributed by atoms with Crippen molar-refractivity contribution < 1.29 is 14.6 Å². The monoisotopic (exact) mass is 272 g/mol. The molecule has 0 amide bonds. The zero-order valence-corrected chi connectivity index (χ0v) is 11.1. The molecule has 5 heteroatoms. The van der Waals surface area contributed by atoms with Gasteiger partial charge < -0.3 is 14.7 Å². The zero-order valence-electron chi connectivity index (χ0n) is 11.1. The number of benzene rings is 1. The maximum atomic E-state index is 10.8. The van der Waals surface area contributed by atoms with E-state index in [1.807, 2.05) is 24.4 Å². The van der Waals surface area contributed by atoms with Crippen LogP contribution in [0.1, 0.15) is 5.56 Å². The molecule has 1 aromatic carbocycles. The first-order valence-corrected chi connectivity index (χ1v) is 6.65. The Morgan fingerprint density at radius 1 is 1.30 bits per heavy atom. The standard InChI is InChI=1S/C15H16N2O3/c18-15(19)8-11-1-2-14-12(7-11)9-13(10-16-14)17-3-5-20-6-4-17/h1-2,7,9-10H,3-6,8H2,(H,18,19). The maximum Gasteiger partial charge on any atom is 0.307 e. The highest BCUT2D eigenvalue weighted by Gasteiger charge is 2.12. The van der Waals surface area contributed by atoms with E-state index in [1.54, 1.807) is 0 Å². The number of aromatic nitrogens is 1. The summed E-state index contributed by atoms with van der Waals surface area (Å²) in [7, 11) is 0. The van der Waals surface area contributed by atoms with Gasteiger partial charge in [-0.2, -0.15) is 0 Å². The number of carbonyl (C=O) groups is 1. The van der Waals surface area contributed by atoms with Crippen LogP contribution in [0.4, 0.5) is 5.69 Å². The largest absolute Gasteiger partial charge is 0.481 e. The number of morpholine rings is 1. The van der Waals surface area contributed by atoms with Gasteiger partial charge in [-0.3, -0.25) is 9.78 Å². The Kier molecular flexibility index (Phi) is 3.52. The quantitative estimate of drug-likeness (QED) is 0.921. The highest BCUT2D eigenvalue weighted by Crippen LogP contribution is 2.22. The van der Waals surface area contributed by atoms with Gasteiger partial charge in [-0.05, 0) is 23.8 Å². The van der Waals surface area contributed by atoms with Crippen LogP contribution in [-0.4, -0.2) is 42.4 Å². The molecule has 1 fully saturated rings. The first-order valence-electron chi connectivity index (χ1n) is 6.65. The lowest BCUT2D eigenvalue weighted by Crippen LogP contribution is -2.36. The van der Waals surface area contributed by atoms with E-state index in [2.05, 4.69) is 16.0 Å². The molecule has 1 aromatic heterocycles. The fourth-order valence-corrected chi connectivity index (χ4v) is 2.45. The summed E-state index contributed by atoms with van der Waals surface area (Å²) < 4.78 is 5.34. The Labute approximate surface area is 116 Å². The lowest BCUT2D eigenvalue weighted by Gasteiger charge is -2.28. The summed E-state index contributed by atoms with van der Waals surface area (Å²) in [6.45, 7) is 3.19. The second kappa shape index (κ2) is 5.46. The number of fused-ring (bicyclic) bond motifs is 1. The first kappa shape index (κ1) is 12.9. The van der Waals surface area contributed by atoms with E-state index in [-0.39, 0.29) is 6.42 Å². The summed E-state index contributed by atoms with van der Waals surface area (Å²) in [6, 6.07) is 7.66. The van der Waals surface area contributed by atoms with E-state index in [0.29, 0.717) is 0 Å². The van der Waals surface area contributed by atoms with Crippen LogP contribution in [0.3, 0.4) is 0 Å². The Bertz CT molecular complexity index is 636. The predicted molar refractivity (Wildman–Crippen MR) is 76.1 cm³/mol. The van der Waals surface area contributed by atoms with Gasteiger partial charge in [0, 0.05) is 18.5 Å². The van der Waals surface area contributed by atoms with Crippen LogP contribution < -0.4 is 4.90 Å². The van der Waals surface area contributed by atoms with Crippen LogP contribution >= 0.6 is 0 Å². The summed E-state index contributed by atoms with van der Waals surface area (Å²) in [6.07, 6.45) is 1.91. The third-order valence-corrected chi connectivity index (χ3v) is 3.46. The number of hydrogen-bond donors (Lipinski definition) is 1. The molecule has 1 aliphatic rings. The summed E-state index contributed by atoms with van der Waals surface area (Å²) in [5.74, 6) is -0.818. The van der Waals surface area contributed by atoms with E-state index >= 15 is 0 Å². The lowest BCUT2D eigenvalue weighted by atomic mass is 10.1. The third-order valence-electron chi connectivity index (χ3n) is 3.46. The molecule has 2 aromatic rings. The number of rotatable bonds is 3. The first-order chi connectivity index (χ1) is 9.72. The molecule has 0 spiro atoms. The van der Waals surface area contributed by atoms with Crippen molar-refractivity contribution in [3.05, 3.63) is 36.0 Å². The van der Waals surface area contributed by atoms with E-state index in [4.69, 9.17) is 9.84 Å². The molecule has 5 nitrogen and oxygen atoms in total. The molecule has 1 N–H and O–H groups in total. The smallest absolute Gasteiger partial charge is 0.307 e. The van der Waals surface area contributed by atoms with Gasteiger partial charge in [0.1, 0.15) is 0 Å². The van der Waals surface area contributed by atoms with Gasteiger partial charge >= 0.3 is 5.97 Å². The molecule has 0 saturated carbocycles. The Balaban J connectivity index is 1.93. The number of carboxylic acid groups (broad SMARTS) is 1. The second-order valence-corrected chi connectivity index (χ2v) is 4.89. The van der Waals surface area contributed by atoms with Gasteiger partial charge in [0.15, 0.2) is 0 Å². The van der Waals surface area contributed by atoms with Crippen LogP contribution in [0.25, 0.3) is 10.9 Å².